The number of nitrogens with zero attached hydrogens (tertiary/aromatic N) is 1. The smallest absolute Gasteiger partial charge is 0.255 e. The monoisotopic (exact) mass is 361 g/mol. The lowest BCUT2D eigenvalue weighted by molar-refractivity contribution is -0.122. The van der Waals surface area contributed by atoms with Crippen LogP contribution in [-0.4, -0.2) is 52.0 Å². The lowest BCUT2D eigenvalue weighted by Crippen LogP contribution is -2.54. The van der Waals surface area contributed by atoms with Crippen molar-refractivity contribution in [2.45, 2.75) is 37.8 Å². The van der Waals surface area contributed by atoms with Crippen molar-refractivity contribution in [3.63, 3.8) is 0 Å². The summed E-state index contributed by atoms with van der Waals surface area (Å²) in [6.45, 7) is 0.729. The maximum absolute atomic E-state index is 12.4. The second-order valence-corrected chi connectivity index (χ2v) is 7.43. The van der Waals surface area contributed by atoms with Gasteiger partial charge >= 0.3 is 0 Å². The molecule has 1 aliphatic rings. The first-order valence-corrected chi connectivity index (χ1v) is 9.41. The van der Waals surface area contributed by atoms with Gasteiger partial charge in [-0.15, -0.1) is 11.3 Å². The third-order valence-corrected chi connectivity index (χ3v) is 5.27. The Hall–Kier alpha value is -2.12. The van der Waals surface area contributed by atoms with Gasteiger partial charge < -0.3 is 20.3 Å². The third-order valence-electron chi connectivity index (χ3n) is 4.33. The number of nitrogens with one attached hydrogen (secondary N) is 2. The van der Waals surface area contributed by atoms with Crippen LogP contribution in [0.25, 0.3) is 0 Å². The maximum atomic E-state index is 12.4. The largest absolute Gasteiger partial charge is 0.391 e. The van der Waals surface area contributed by atoms with Gasteiger partial charge in [0.15, 0.2) is 0 Å². The van der Waals surface area contributed by atoms with Crippen LogP contribution in [0.15, 0.2) is 36.0 Å². The first-order chi connectivity index (χ1) is 12.1. The molecule has 3 N–H and O–H groups in total. The highest BCUT2D eigenvalue weighted by molar-refractivity contribution is 7.09. The minimum absolute atomic E-state index is 0.0234. The van der Waals surface area contributed by atoms with Crippen LogP contribution in [-0.2, 0) is 11.2 Å². The number of H-pyrrole nitrogens is 1. The van der Waals surface area contributed by atoms with E-state index in [0.717, 1.165) is 12.8 Å². The summed E-state index contributed by atoms with van der Waals surface area (Å²) in [5, 5.41) is 15.1. The molecule has 0 unspecified atom stereocenters. The van der Waals surface area contributed by atoms with Gasteiger partial charge in [-0.05, 0) is 36.8 Å². The highest BCUT2D eigenvalue weighted by atomic mass is 32.1. The number of aliphatic hydroxyl groups is 1. The number of aromatic amines is 1. The summed E-state index contributed by atoms with van der Waals surface area (Å²) in [5.41, 5.74) is 0.565. The van der Waals surface area contributed by atoms with Gasteiger partial charge in [0.1, 0.15) is 0 Å². The number of carbonyl (C=O) groups is 2. The van der Waals surface area contributed by atoms with E-state index in [2.05, 4.69) is 16.4 Å². The molecule has 0 spiro atoms. The molecule has 25 heavy (non-hydrogen) atoms. The Morgan fingerprint density at radius 3 is 2.96 bits per heavy atom. The van der Waals surface area contributed by atoms with Crippen LogP contribution in [0.3, 0.4) is 0 Å². The highest BCUT2D eigenvalue weighted by Crippen LogP contribution is 2.15. The van der Waals surface area contributed by atoms with Gasteiger partial charge in [-0.3, -0.25) is 9.59 Å². The van der Waals surface area contributed by atoms with Gasteiger partial charge in [-0.25, -0.2) is 0 Å². The number of piperidine rings is 1. The predicted molar refractivity (Wildman–Crippen MR) is 96.5 cm³/mol. The van der Waals surface area contributed by atoms with E-state index in [1.54, 1.807) is 34.7 Å². The summed E-state index contributed by atoms with van der Waals surface area (Å²) in [6, 6.07) is 5.59. The third kappa shape index (κ3) is 4.93. The number of rotatable bonds is 6. The number of thiophene rings is 1. The zero-order valence-corrected chi connectivity index (χ0v) is 14.8. The molecule has 3 heterocycles. The van der Waals surface area contributed by atoms with Gasteiger partial charge in [0.2, 0.25) is 5.91 Å². The van der Waals surface area contributed by atoms with E-state index in [1.807, 2.05) is 11.4 Å². The fourth-order valence-electron chi connectivity index (χ4n) is 3.16. The van der Waals surface area contributed by atoms with Gasteiger partial charge in [-0.2, -0.15) is 0 Å². The van der Waals surface area contributed by atoms with Gasteiger partial charge in [-0.1, -0.05) is 6.07 Å². The molecular weight excluding hydrogens is 338 g/mol. The van der Waals surface area contributed by atoms with Crippen molar-refractivity contribution in [3.05, 3.63) is 46.4 Å². The summed E-state index contributed by atoms with van der Waals surface area (Å²) < 4.78 is 0. The number of aromatic nitrogens is 1. The van der Waals surface area contributed by atoms with E-state index in [4.69, 9.17) is 0 Å². The number of hydrogen-bond donors (Lipinski definition) is 3. The lowest BCUT2D eigenvalue weighted by Gasteiger charge is -2.36. The van der Waals surface area contributed by atoms with E-state index in [9.17, 15) is 14.7 Å². The van der Waals surface area contributed by atoms with E-state index in [1.165, 1.54) is 4.88 Å². The molecule has 2 aromatic rings. The molecule has 0 radical (unpaired) electrons. The molecular formula is C18H23N3O3S. The Kier molecular flexibility index (Phi) is 5.88. The summed E-state index contributed by atoms with van der Waals surface area (Å²) in [7, 11) is 0. The van der Waals surface area contributed by atoms with Crippen LogP contribution in [0.2, 0.25) is 0 Å². The van der Waals surface area contributed by atoms with E-state index in [-0.39, 0.29) is 17.9 Å². The van der Waals surface area contributed by atoms with Crippen molar-refractivity contribution in [2.24, 2.45) is 0 Å². The SMILES string of the molecule is O=C(CCCc1cccs1)N[C@H]1C[C@@H](O)CN(C(=O)c2cc[nH]c2)C1. The van der Waals surface area contributed by atoms with Crippen molar-refractivity contribution in [3.8, 4) is 0 Å². The summed E-state index contributed by atoms with van der Waals surface area (Å²) >= 11 is 1.70. The molecule has 0 aliphatic carbocycles. The number of carbonyl (C=O) groups excluding carboxylic acids is 2. The molecule has 0 bridgehead atoms. The van der Waals surface area contributed by atoms with Gasteiger partial charge in [0, 0.05) is 42.8 Å². The Morgan fingerprint density at radius 2 is 2.24 bits per heavy atom. The van der Waals surface area contributed by atoms with Crippen LogP contribution in [0, 0.1) is 0 Å². The Balaban J connectivity index is 1.47. The van der Waals surface area contributed by atoms with Crippen molar-refractivity contribution in [1.82, 2.24) is 15.2 Å². The molecule has 7 heteroatoms. The minimum Gasteiger partial charge on any atom is -0.391 e. The number of hydrogen-bond acceptors (Lipinski definition) is 4. The Morgan fingerprint density at radius 1 is 1.36 bits per heavy atom. The van der Waals surface area contributed by atoms with Crippen LogP contribution in [0.4, 0.5) is 0 Å². The number of likely N-dealkylation sites (tertiary alicyclic amines) is 1. The maximum Gasteiger partial charge on any atom is 0.255 e. The van der Waals surface area contributed by atoms with Crippen molar-refractivity contribution >= 4 is 23.2 Å². The normalized spacial score (nSPS) is 20.4. The molecule has 0 saturated carbocycles. The zero-order valence-electron chi connectivity index (χ0n) is 14.0. The molecule has 2 amide bonds. The second-order valence-electron chi connectivity index (χ2n) is 6.40. The molecule has 2 aromatic heterocycles. The Labute approximate surface area is 150 Å². The molecule has 0 aromatic carbocycles. The molecule has 1 aliphatic heterocycles. The summed E-state index contributed by atoms with van der Waals surface area (Å²) in [5.74, 6) is -0.151. The molecule has 2 atom stereocenters. The predicted octanol–water partition coefficient (Wildman–Crippen LogP) is 1.79. The number of β-amino-alcohol motifs (C(OH)–C–C–N with tert-alkyl or cyclic N) is 1. The average Bonchev–Trinajstić information content (AvgIpc) is 3.27. The topological polar surface area (TPSA) is 85.4 Å². The van der Waals surface area contributed by atoms with E-state index >= 15 is 0 Å². The molecule has 6 nitrogen and oxygen atoms in total. The second kappa shape index (κ2) is 8.31. The van der Waals surface area contributed by atoms with Crippen molar-refractivity contribution in [1.29, 1.82) is 0 Å². The quantitative estimate of drug-likeness (QED) is 0.733. The van der Waals surface area contributed by atoms with Crippen LogP contribution in [0.5, 0.6) is 0 Å². The summed E-state index contributed by atoms with van der Waals surface area (Å²) in [4.78, 5) is 30.3. The minimum atomic E-state index is -0.618. The average molecular weight is 361 g/mol. The molecule has 134 valence electrons. The van der Waals surface area contributed by atoms with Crippen LogP contribution in [0.1, 0.15) is 34.5 Å². The van der Waals surface area contributed by atoms with Crippen LogP contribution < -0.4 is 5.32 Å². The van der Waals surface area contributed by atoms with Crippen molar-refractivity contribution in [2.75, 3.05) is 13.1 Å². The fourth-order valence-corrected chi connectivity index (χ4v) is 3.91. The number of amides is 2. The van der Waals surface area contributed by atoms with Gasteiger partial charge in [0.25, 0.3) is 5.91 Å². The highest BCUT2D eigenvalue weighted by Gasteiger charge is 2.30. The molecule has 1 saturated heterocycles. The number of aliphatic hydroxyl groups excluding tert-OH is 1. The molecule has 1 fully saturated rings. The molecule has 3 rings (SSSR count). The summed E-state index contributed by atoms with van der Waals surface area (Å²) in [6.07, 6.45) is 5.35. The standard InChI is InChI=1S/C18H23N3O3S/c22-15-9-14(11-21(12-15)18(24)13-6-7-19-10-13)20-17(23)5-1-3-16-4-2-8-25-16/h2,4,6-8,10,14-15,19,22H,1,3,5,9,11-12H2,(H,20,23)/t14-,15+/m0/s1. The van der Waals surface area contributed by atoms with Crippen LogP contribution >= 0.6 is 11.3 Å². The first-order valence-electron chi connectivity index (χ1n) is 8.53. The fraction of sp³-hybridized carbons (Fsp3) is 0.444. The van der Waals surface area contributed by atoms with E-state index < -0.39 is 6.10 Å². The first kappa shape index (κ1) is 17.7. The van der Waals surface area contributed by atoms with Crippen molar-refractivity contribution < 1.29 is 14.7 Å². The lowest BCUT2D eigenvalue weighted by atomic mass is 10.0. The number of aryl methyl sites for hydroxylation is 1. The zero-order chi connectivity index (χ0) is 17.6. The van der Waals surface area contributed by atoms with Gasteiger partial charge in [0.05, 0.1) is 11.7 Å². The van der Waals surface area contributed by atoms with E-state index in [0.29, 0.717) is 31.5 Å². The Bertz CT molecular complexity index is 685.